The van der Waals surface area contributed by atoms with Crippen LogP contribution in [0, 0.1) is 10.8 Å². The molecule has 9 heteroatoms. The topological polar surface area (TPSA) is 149 Å². The first-order valence-electron chi connectivity index (χ1n) is 7.09. The van der Waals surface area contributed by atoms with Crippen LogP contribution < -0.4 is 0 Å². The predicted octanol–water partition coefficient (Wildman–Crippen LogP) is -2.26. The summed E-state index contributed by atoms with van der Waals surface area (Å²) >= 11 is 0. The fourth-order valence-electron chi connectivity index (χ4n) is 1.64. The van der Waals surface area contributed by atoms with Crippen LogP contribution in [-0.4, -0.2) is 84.4 Å². The Hall–Kier alpha value is -1.23. The Bertz CT molecular complexity index is 416. The van der Waals surface area contributed by atoms with Crippen LogP contribution in [0.3, 0.4) is 0 Å². The highest BCUT2D eigenvalue weighted by Gasteiger charge is 2.37. The molecule has 0 saturated carbocycles. The molecule has 0 atom stereocenters. The average molecular weight is 336 g/mol. The Balaban J connectivity index is 2.54. The highest BCUT2D eigenvalue weighted by molar-refractivity contribution is 5.90. The van der Waals surface area contributed by atoms with Crippen molar-refractivity contribution < 1.29 is 44.5 Å². The van der Waals surface area contributed by atoms with Gasteiger partial charge in [-0.15, -0.1) is 0 Å². The van der Waals surface area contributed by atoms with Gasteiger partial charge in [0.15, 0.2) is 5.76 Å². The summed E-state index contributed by atoms with van der Waals surface area (Å²) in [6.07, 6.45) is 0. The number of rotatable bonds is 12. The second-order valence-electron chi connectivity index (χ2n) is 5.85. The normalized spacial score (nSPS) is 14.7. The Labute approximate surface area is 133 Å². The van der Waals surface area contributed by atoms with Crippen molar-refractivity contribution in [2.75, 3.05) is 52.9 Å². The molecule has 0 saturated heterocycles. The molecular formula is C14H24O9. The third-order valence-corrected chi connectivity index (χ3v) is 3.72. The third-order valence-electron chi connectivity index (χ3n) is 3.72. The first-order chi connectivity index (χ1) is 10.9. The molecule has 0 aromatic rings. The van der Waals surface area contributed by atoms with Crippen LogP contribution in [0.4, 0.5) is 0 Å². The monoisotopic (exact) mass is 336 g/mol. The minimum atomic E-state index is -1.24. The SMILES string of the molecule is CC1=C(C(=O)OCC(CO)(CO)COCC(CO)(CO)CO)O1. The van der Waals surface area contributed by atoms with Gasteiger partial charge in [-0.25, -0.2) is 4.79 Å². The Morgan fingerprint density at radius 2 is 1.35 bits per heavy atom. The van der Waals surface area contributed by atoms with Gasteiger partial charge in [-0.2, -0.15) is 0 Å². The number of carbonyl (C=O) groups is 1. The summed E-state index contributed by atoms with van der Waals surface area (Å²) in [6.45, 7) is -1.61. The van der Waals surface area contributed by atoms with Crippen molar-refractivity contribution in [1.82, 2.24) is 0 Å². The van der Waals surface area contributed by atoms with E-state index in [2.05, 4.69) is 0 Å². The predicted molar refractivity (Wildman–Crippen MR) is 75.9 cm³/mol. The minimum Gasteiger partial charge on any atom is -0.459 e. The summed E-state index contributed by atoms with van der Waals surface area (Å²) in [4.78, 5) is 11.6. The molecule has 0 amide bonds. The van der Waals surface area contributed by atoms with E-state index in [0.717, 1.165) is 0 Å². The zero-order valence-corrected chi connectivity index (χ0v) is 13.0. The summed E-state index contributed by atoms with van der Waals surface area (Å²) in [6, 6.07) is 0. The van der Waals surface area contributed by atoms with Crippen molar-refractivity contribution in [1.29, 1.82) is 0 Å². The van der Waals surface area contributed by atoms with Crippen molar-refractivity contribution in [3.63, 3.8) is 0 Å². The van der Waals surface area contributed by atoms with E-state index in [1.165, 1.54) is 0 Å². The van der Waals surface area contributed by atoms with Gasteiger partial charge in [0, 0.05) is 0 Å². The van der Waals surface area contributed by atoms with Gasteiger partial charge in [-0.1, -0.05) is 0 Å². The average Bonchev–Trinajstić information content (AvgIpc) is 3.32. The van der Waals surface area contributed by atoms with E-state index < -0.39 is 49.8 Å². The van der Waals surface area contributed by atoms with E-state index in [-0.39, 0.29) is 25.6 Å². The van der Waals surface area contributed by atoms with E-state index in [4.69, 9.17) is 14.2 Å². The lowest BCUT2D eigenvalue weighted by atomic mass is 9.90. The van der Waals surface area contributed by atoms with Gasteiger partial charge in [0.2, 0.25) is 5.76 Å². The largest absolute Gasteiger partial charge is 0.459 e. The maximum atomic E-state index is 11.6. The standard InChI is InChI=1S/C14H24O9/c1-10-11(23-10)12(20)22-9-14(5-18,6-19)8-21-7-13(2-15,3-16)4-17/h15-19H,2-9H2,1H3. The molecule has 0 radical (unpaired) electrons. The number of hydrogen-bond donors (Lipinski definition) is 5. The Morgan fingerprint density at radius 1 is 0.913 bits per heavy atom. The highest BCUT2D eigenvalue weighted by Crippen LogP contribution is 2.27. The number of aliphatic hydroxyl groups excluding tert-OH is 5. The van der Waals surface area contributed by atoms with Crippen LogP contribution in [0.2, 0.25) is 0 Å². The summed E-state index contributed by atoms with van der Waals surface area (Å²) in [5.41, 5.74) is -2.47. The number of carbonyl (C=O) groups excluding carboxylic acids is 1. The van der Waals surface area contributed by atoms with Crippen molar-refractivity contribution in [3.05, 3.63) is 11.5 Å². The number of allylic oxidation sites excluding steroid dienone is 1. The first kappa shape index (κ1) is 19.8. The molecule has 1 rings (SSSR count). The van der Waals surface area contributed by atoms with Crippen molar-refractivity contribution in [3.8, 4) is 0 Å². The van der Waals surface area contributed by atoms with Gasteiger partial charge < -0.3 is 39.7 Å². The van der Waals surface area contributed by atoms with Crippen LogP contribution in [-0.2, 0) is 19.0 Å². The number of hydrogen-bond acceptors (Lipinski definition) is 9. The third kappa shape index (κ3) is 5.13. The van der Waals surface area contributed by atoms with Crippen LogP contribution in [0.1, 0.15) is 6.92 Å². The molecule has 0 aromatic heterocycles. The first-order valence-corrected chi connectivity index (χ1v) is 7.09. The molecule has 0 aromatic carbocycles. The molecule has 1 aliphatic rings. The molecule has 1 heterocycles. The molecule has 0 aliphatic carbocycles. The fraction of sp³-hybridized carbons (Fsp3) is 0.786. The second kappa shape index (κ2) is 8.57. The maximum Gasteiger partial charge on any atom is 0.377 e. The van der Waals surface area contributed by atoms with E-state index in [1.54, 1.807) is 6.92 Å². The quantitative estimate of drug-likeness (QED) is 0.249. The van der Waals surface area contributed by atoms with Gasteiger partial charge in [-0.05, 0) is 6.92 Å². The number of esters is 1. The van der Waals surface area contributed by atoms with E-state index in [0.29, 0.717) is 5.76 Å². The van der Waals surface area contributed by atoms with Gasteiger partial charge in [0.25, 0.3) is 0 Å². The molecule has 0 fully saturated rings. The Morgan fingerprint density at radius 3 is 1.74 bits per heavy atom. The second-order valence-corrected chi connectivity index (χ2v) is 5.85. The zero-order valence-electron chi connectivity index (χ0n) is 13.0. The highest BCUT2D eigenvalue weighted by atomic mass is 16.6. The zero-order chi connectivity index (χ0) is 17.5. The number of aliphatic hydroxyl groups is 5. The smallest absolute Gasteiger partial charge is 0.377 e. The van der Waals surface area contributed by atoms with Crippen molar-refractivity contribution in [2.24, 2.45) is 10.8 Å². The van der Waals surface area contributed by atoms with Crippen LogP contribution in [0.15, 0.2) is 11.5 Å². The maximum absolute atomic E-state index is 11.6. The number of ether oxygens (including phenoxy) is 3. The summed E-state index contributed by atoms with van der Waals surface area (Å²) in [5.74, 6) is -0.122. The van der Waals surface area contributed by atoms with Crippen molar-refractivity contribution in [2.45, 2.75) is 6.92 Å². The van der Waals surface area contributed by atoms with E-state index in [1.807, 2.05) is 0 Å². The Kier molecular flexibility index (Phi) is 7.39. The van der Waals surface area contributed by atoms with Crippen LogP contribution in [0.5, 0.6) is 0 Å². The molecule has 0 bridgehead atoms. The fourth-order valence-corrected chi connectivity index (χ4v) is 1.64. The molecule has 5 N–H and O–H groups in total. The van der Waals surface area contributed by atoms with E-state index in [9.17, 15) is 30.3 Å². The lowest BCUT2D eigenvalue weighted by Gasteiger charge is -2.32. The molecule has 0 unspecified atom stereocenters. The molecule has 9 nitrogen and oxygen atoms in total. The molecule has 1 aliphatic heterocycles. The summed E-state index contributed by atoms with van der Waals surface area (Å²) < 4.78 is 15.1. The van der Waals surface area contributed by atoms with Gasteiger partial charge in [0.1, 0.15) is 6.61 Å². The minimum absolute atomic E-state index is 0.107. The van der Waals surface area contributed by atoms with Gasteiger partial charge in [0.05, 0.1) is 57.1 Å². The summed E-state index contributed by atoms with van der Waals surface area (Å²) in [7, 11) is 0. The van der Waals surface area contributed by atoms with Crippen LogP contribution in [0.25, 0.3) is 0 Å². The molecule has 0 spiro atoms. The van der Waals surface area contributed by atoms with Crippen LogP contribution >= 0.6 is 0 Å². The van der Waals surface area contributed by atoms with E-state index >= 15 is 0 Å². The molecular weight excluding hydrogens is 312 g/mol. The van der Waals surface area contributed by atoms with Gasteiger partial charge in [-0.3, -0.25) is 0 Å². The molecule has 23 heavy (non-hydrogen) atoms. The summed E-state index contributed by atoms with van der Waals surface area (Å²) in [5, 5.41) is 46.6. The molecule has 134 valence electrons. The lowest BCUT2D eigenvalue weighted by Crippen LogP contribution is -2.44. The van der Waals surface area contributed by atoms with Gasteiger partial charge >= 0.3 is 5.97 Å². The lowest BCUT2D eigenvalue weighted by molar-refractivity contribution is -0.151. The van der Waals surface area contributed by atoms with Crippen molar-refractivity contribution >= 4 is 5.97 Å².